The number of piperidine rings is 1. The number of rotatable bonds is 4. The number of aliphatic carboxylic acids is 1. The number of amides is 1. The summed E-state index contributed by atoms with van der Waals surface area (Å²) in [7, 11) is 0. The van der Waals surface area contributed by atoms with Crippen LogP contribution in [0.5, 0.6) is 5.75 Å². The van der Waals surface area contributed by atoms with Gasteiger partial charge in [0.25, 0.3) is 5.91 Å². The standard InChI is InChI=1S/C19H25NO5/c1-13-10-15(19(22)23)12-20(11-13)18(21)14-2-4-16(5-3-14)25-17-6-8-24-9-7-17/h2-5,13,15,17H,6-12H2,1H3,(H,22,23). The van der Waals surface area contributed by atoms with E-state index in [4.69, 9.17) is 9.47 Å². The Hall–Kier alpha value is -2.08. The lowest BCUT2D eigenvalue weighted by atomic mass is 9.90. The predicted molar refractivity (Wildman–Crippen MR) is 91.7 cm³/mol. The highest BCUT2D eigenvalue weighted by molar-refractivity contribution is 5.94. The number of carbonyl (C=O) groups excluding carboxylic acids is 1. The first kappa shape index (κ1) is 17.7. The molecule has 2 saturated heterocycles. The molecule has 3 rings (SSSR count). The van der Waals surface area contributed by atoms with Crippen LogP contribution in [0.1, 0.15) is 36.5 Å². The van der Waals surface area contributed by atoms with E-state index in [2.05, 4.69) is 0 Å². The van der Waals surface area contributed by atoms with Gasteiger partial charge in [0, 0.05) is 31.5 Å². The molecule has 0 aromatic heterocycles. The number of benzene rings is 1. The zero-order valence-electron chi connectivity index (χ0n) is 14.5. The highest BCUT2D eigenvalue weighted by atomic mass is 16.5. The van der Waals surface area contributed by atoms with E-state index in [-0.39, 0.29) is 24.5 Å². The van der Waals surface area contributed by atoms with Gasteiger partial charge in [-0.3, -0.25) is 9.59 Å². The van der Waals surface area contributed by atoms with Crippen molar-refractivity contribution in [2.24, 2.45) is 11.8 Å². The van der Waals surface area contributed by atoms with Crippen LogP contribution in [0.25, 0.3) is 0 Å². The molecule has 2 aliphatic rings. The van der Waals surface area contributed by atoms with Gasteiger partial charge in [0.1, 0.15) is 11.9 Å². The van der Waals surface area contributed by atoms with Crippen LogP contribution in [-0.4, -0.2) is 54.3 Å². The van der Waals surface area contributed by atoms with Gasteiger partial charge >= 0.3 is 5.97 Å². The van der Waals surface area contributed by atoms with Crippen molar-refractivity contribution in [3.8, 4) is 5.75 Å². The quantitative estimate of drug-likeness (QED) is 0.905. The van der Waals surface area contributed by atoms with Crippen molar-refractivity contribution >= 4 is 11.9 Å². The summed E-state index contributed by atoms with van der Waals surface area (Å²) in [5, 5.41) is 9.25. The van der Waals surface area contributed by atoms with Crippen molar-refractivity contribution in [3.63, 3.8) is 0 Å². The third-order valence-corrected chi connectivity index (χ3v) is 4.87. The highest BCUT2D eigenvalue weighted by Crippen LogP contribution is 2.24. The highest BCUT2D eigenvalue weighted by Gasteiger charge is 2.32. The summed E-state index contributed by atoms with van der Waals surface area (Å²) >= 11 is 0. The van der Waals surface area contributed by atoms with Crippen molar-refractivity contribution in [1.82, 2.24) is 4.90 Å². The maximum Gasteiger partial charge on any atom is 0.308 e. The molecule has 0 aliphatic carbocycles. The van der Waals surface area contributed by atoms with Crippen LogP contribution in [0.4, 0.5) is 0 Å². The molecule has 2 atom stereocenters. The topological polar surface area (TPSA) is 76.1 Å². The summed E-state index contributed by atoms with van der Waals surface area (Å²) in [5.41, 5.74) is 0.567. The van der Waals surface area contributed by atoms with Crippen molar-refractivity contribution in [1.29, 1.82) is 0 Å². The lowest BCUT2D eigenvalue weighted by Crippen LogP contribution is -2.45. The zero-order chi connectivity index (χ0) is 17.8. The summed E-state index contributed by atoms with van der Waals surface area (Å²) in [4.78, 5) is 25.6. The molecule has 6 heteroatoms. The van der Waals surface area contributed by atoms with Crippen molar-refractivity contribution in [3.05, 3.63) is 29.8 Å². The molecule has 2 unspecified atom stereocenters. The number of carbonyl (C=O) groups is 2. The Morgan fingerprint density at radius 1 is 1.16 bits per heavy atom. The average molecular weight is 347 g/mol. The Bertz CT molecular complexity index is 609. The Balaban J connectivity index is 1.62. The lowest BCUT2D eigenvalue weighted by molar-refractivity contribution is -0.143. The normalized spacial score (nSPS) is 24.8. The van der Waals surface area contributed by atoms with Gasteiger partial charge in [0.05, 0.1) is 19.1 Å². The fourth-order valence-electron chi connectivity index (χ4n) is 3.54. The first-order chi connectivity index (χ1) is 12.0. The molecule has 25 heavy (non-hydrogen) atoms. The molecule has 2 aliphatic heterocycles. The molecular weight excluding hydrogens is 322 g/mol. The Labute approximate surface area is 147 Å². The summed E-state index contributed by atoms with van der Waals surface area (Å²) in [6.07, 6.45) is 2.54. The largest absolute Gasteiger partial charge is 0.490 e. The Kier molecular flexibility index (Phi) is 5.58. The molecule has 1 aromatic carbocycles. The van der Waals surface area contributed by atoms with E-state index in [1.165, 1.54) is 0 Å². The molecule has 136 valence electrons. The van der Waals surface area contributed by atoms with Gasteiger partial charge in [-0.2, -0.15) is 0 Å². The molecule has 0 radical (unpaired) electrons. The van der Waals surface area contributed by atoms with Gasteiger partial charge in [-0.1, -0.05) is 6.92 Å². The van der Waals surface area contributed by atoms with Crippen LogP contribution >= 0.6 is 0 Å². The van der Waals surface area contributed by atoms with Gasteiger partial charge in [-0.25, -0.2) is 0 Å². The zero-order valence-corrected chi connectivity index (χ0v) is 14.5. The first-order valence-electron chi connectivity index (χ1n) is 8.89. The number of likely N-dealkylation sites (tertiary alicyclic amines) is 1. The summed E-state index contributed by atoms with van der Waals surface area (Å²) < 4.78 is 11.2. The Morgan fingerprint density at radius 2 is 1.84 bits per heavy atom. The SMILES string of the molecule is CC1CC(C(=O)O)CN(C(=O)c2ccc(OC3CCOCC3)cc2)C1. The smallest absolute Gasteiger partial charge is 0.308 e. The Morgan fingerprint density at radius 3 is 2.48 bits per heavy atom. The van der Waals surface area contributed by atoms with E-state index in [1.807, 2.05) is 19.1 Å². The van der Waals surface area contributed by atoms with E-state index >= 15 is 0 Å². The minimum Gasteiger partial charge on any atom is -0.490 e. The summed E-state index contributed by atoms with van der Waals surface area (Å²) in [6, 6.07) is 7.13. The molecule has 2 heterocycles. The molecule has 0 saturated carbocycles. The molecule has 1 N–H and O–H groups in total. The van der Waals surface area contributed by atoms with Crippen molar-refractivity contribution in [2.75, 3.05) is 26.3 Å². The van der Waals surface area contributed by atoms with Gasteiger partial charge in [-0.05, 0) is 36.6 Å². The van der Waals surface area contributed by atoms with Crippen LogP contribution in [0.2, 0.25) is 0 Å². The molecule has 2 fully saturated rings. The second-order valence-corrected chi connectivity index (χ2v) is 7.04. The summed E-state index contributed by atoms with van der Waals surface area (Å²) in [6.45, 7) is 4.31. The molecule has 1 aromatic rings. The van der Waals surface area contributed by atoms with E-state index in [0.717, 1.165) is 31.8 Å². The second kappa shape index (κ2) is 7.87. The van der Waals surface area contributed by atoms with Gasteiger partial charge in [0.2, 0.25) is 0 Å². The number of carboxylic acid groups (broad SMARTS) is 1. The minimum absolute atomic E-state index is 0.115. The number of ether oxygens (including phenoxy) is 2. The second-order valence-electron chi connectivity index (χ2n) is 7.04. The molecule has 1 amide bonds. The molecular formula is C19H25NO5. The minimum atomic E-state index is -0.829. The van der Waals surface area contributed by atoms with E-state index in [0.29, 0.717) is 18.5 Å². The van der Waals surface area contributed by atoms with E-state index < -0.39 is 11.9 Å². The fourth-order valence-corrected chi connectivity index (χ4v) is 3.54. The maximum absolute atomic E-state index is 12.7. The first-order valence-corrected chi connectivity index (χ1v) is 8.89. The summed E-state index contributed by atoms with van der Waals surface area (Å²) in [5.74, 6) is -0.488. The van der Waals surface area contributed by atoms with Gasteiger partial charge in [-0.15, -0.1) is 0 Å². The van der Waals surface area contributed by atoms with Crippen LogP contribution in [-0.2, 0) is 9.53 Å². The monoisotopic (exact) mass is 347 g/mol. The third-order valence-electron chi connectivity index (χ3n) is 4.87. The van der Waals surface area contributed by atoms with Gasteiger partial charge < -0.3 is 19.5 Å². The van der Waals surface area contributed by atoms with Crippen molar-refractivity contribution in [2.45, 2.75) is 32.3 Å². The fraction of sp³-hybridized carbons (Fsp3) is 0.579. The molecule has 0 spiro atoms. The third kappa shape index (κ3) is 4.51. The maximum atomic E-state index is 12.7. The average Bonchev–Trinajstić information content (AvgIpc) is 2.62. The van der Waals surface area contributed by atoms with Gasteiger partial charge in [0.15, 0.2) is 0 Å². The van der Waals surface area contributed by atoms with Crippen LogP contribution in [0.3, 0.4) is 0 Å². The lowest BCUT2D eigenvalue weighted by Gasteiger charge is -2.34. The van der Waals surface area contributed by atoms with Crippen molar-refractivity contribution < 1.29 is 24.2 Å². The van der Waals surface area contributed by atoms with E-state index in [9.17, 15) is 14.7 Å². The number of hydrogen-bond acceptors (Lipinski definition) is 4. The number of carboxylic acids is 1. The van der Waals surface area contributed by atoms with E-state index in [1.54, 1.807) is 17.0 Å². The molecule has 0 bridgehead atoms. The number of nitrogens with zero attached hydrogens (tertiary/aromatic N) is 1. The number of hydrogen-bond donors (Lipinski definition) is 1. The van der Waals surface area contributed by atoms with Crippen LogP contribution in [0, 0.1) is 11.8 Å². The molecule has 6 nitrogen and oxygen atoms in total. The predicted octanol–water partition coefficient (Wildman–Crippen LogP) is 2.43. The van der Waals surface area contributed by atoms with Crippen LogP contribution in [0.15, 0.2) is 24.3 Å². The van der Waals surface area contributed by atoms with Crippen LogP contribution < -0.4 is 4.74 Å².